The molecule has 3 N–H and O–H groups in total. The first-order valence-electron chi connectivity index (χ1n) is 10.1. The molecule has 11 nitrogen and oxygen atoms in total. The van der Waals surface area contributed by atoms with Crippen LogP contribution in [0, 0.1) is 0 Å². The Balaban J connectivity index is 1.72. The number of benzene rings is 1. The van der Waals surface area contributed by atoms with Crippen LogP contribution in [0.4, 0.5) is 21.1 Å². The number of nitrogens with one attached hydrogen (secondary N) is 3. The zero-order valence-corrected chi connectivity index (χ0v) is 19.1. The molecule has 0 spiro atoms. The minimum Gasteiger partial charge on any atom is -0.493 e. The zero-order valence-electron chi connectivity index (χ0n) is 19.1. The Morgan fingerprint density at radius 3 is 2.28 bits per heavy atom. The van der Waals surface area contributed by atoms with Crippen LogP contribution in [0.25, 0.3) is 0 Å². The van der Waals surface area contributed by atoms with Crippen LogP contribution >= 0.6 is 0 Å². The molecule has 1 aliphatic rings. The number of methoxy groups -OCH3 is 3. The van der Waals surface area contributed by atoms with E-state index in [0.29, 0.717) is 41.7 Å². The molecule has 0 atom stereocenters. The summed E-state index contributed by atoms with van der Waals surface area (Å²) in [6, 6.07) is 2.72. The highest BCUT2D eigenvalue weighted by molar-refractivity contribution is 6.00. The van der Waals surface area contributed by atoms with Gasteiger partial charge in [-0.1, -0.05) is 0 Å². The molecule has 2 heterocycles. The minimum atomic E-state index is -0.588. The van der Waals surface area contributed by atoms with Crippen LogP contribution in [-0.2, 0) is 17.7 Å². The van der Waals surface area contributed by atoms with Crippen LogP contribution in [0.2, 0.25) is 0 Å². The van der Waals surface area contributed by atoms with Gasteiger partial charge in [0.1, 0.15) is 5.60 Å². The lowest BCUT2D eigenvalue weighted by Crippen LogP contribution is -2.40. The maximum Gasteiger partial charge on any atom is 0.410 e. The van der Waals surface area contributed by atoms with Crippen molar-refractivity contribution in [3.8, 4) is 17.2 Å². The summed E-state index contributed by atoms with van der Waals surface area (Å²) >= 11 is 0. The van der Waals surface area contributed by atoms with E-state index in [1.807, 2.05) is 20.8 Å². The summed E-state index contributed by atoms with van der Waals surface area (Å²) in [7, 11) is 4.49. The third kappa shape index (κ3) is 5.16. The Kier molecular flexibility index (Phi) is 6.66. The highest BCUT2D eigenvalue weighted by Gasteiger charge is 2.29. The molecule has 0 fully saturated rings. The number of carbonyl (C=O) groups is 2. The van der Waals surface area contributed by atoms with Gasteiger partial charge in [0.05, 0.1) is 33.6 Å². The van der Waals surface area contributed by atoms with E-state index in [4.69, 9.17) is 18.9 Å². The van der Waals surface area contributed by atoms with Crippen molar-refractivity contribution >= 4 is 23.6 Å². The molecule has 2 aromatic rings. The third-order valence-electron chi connectivity index (χ3n) is 4.74. The number of aromatic amines is 1. The third-order valence-corrected chi connectivity index (χ3v) is 4.74. The van der Waals surface area contributed by atoms with E-state index in [2.05, 4.69) is 20.8 Å². The zero-order chi connectivity index (χ0) is 23.5. The lowest BCUT2D eigenvalue weighted by molar-refractivity contribution is 0.0224. The standard InChI is InChI=1S/C21H29N5O6/c1-21(2,3)32-20(28)26-8-7-14-13(11-26)18(25-24-14)23-19(27)22-12-9-15(29-4)17(31-6)16(10-12)30-5/h9-10H,7-8,11H2,1-6H3,(H3,22,23,24,25,27). The fourth-order valence-corrected chi connectivity index (χ4v) is 3.30. The molecule has 0 saturated heterocycles. The Hall–Kier alpha value is -3.63. The summed E-state index contributed by atoms with van der Waals surface area (Å²) in [6.07, 6.45) is 0.176. The predicted octanol–water partition coefficient (Wildman–Crippen LogP) is 3.37. The van der Waals surface area contributed by atoms with Crippen LogP contribution in [0.15, 0.2) is 12.1 Å². The molecule has 174 valence electrons. The van der Waals surface area contributed by atoms with Gasteiger partial charge >= 0.3 is 12.1 Å². The average Bonchev–Trinajstić information content (AvgIpc) is 3.13. The number of fused-ring (bicyclic) bond motifs is 1. The van der Waals surface area contributed by atoms with Gasteiger partial charge in [0, 0.05) is 36.4 Å². The van der Waals surface area contributed by atoms with Crippen molar-refractivity contribution in [3.05, 3.63) is 23.4 Å². The molecule has 1 aromatic heterocycles. The van der Waals surface area contributed by atoms with Gasteiger partial charge in [-0.3, -0.25) is 10.4 Å². The lowest BCUT2D eigenvalue weighted by Gasteiger charge is -2.30. The largest absolute Gasteiger partial charge is 0.493 e. The number of anilines is 2. The molecule has 0 saturated carbocycles. The van der Waals surface area contributed by atoms with Gasteiger partial charge in [-0.25, -0.2) is 9.59 Å². The molecule has 0 aliphatic carbocycles. The first-order chi connectivity index (χ1) is 15.1. The van der Waals surface area contributed by atoms with Crippen LogP contribution < -0.4 is 24.8 Å². The number of urea groups is 1. The number of hydrogen-bond acceptors (Lipinski definition) is 7. The Morgan fingerprint density at radius 2 is 1.72 bits per heavy atom. The van der Waals surface area contributed by atoms with Crippen molar-refractivity contribution in [1.82, 2.24) is 15.1 Å². The van der Waals surface area contributed by atoms with Gasteiger partial charge in [-0.15, -0.1) is 0 Å². The van der Waals surface area contributed by atoms with E-state index in [1.165, 1.54) is 21.3 Å². The maximum atomic E-state index is 12.6. The molecule has 3 rings (SSSR count). The second kappa shape index (κ2) is 9.25. The molecule has 0 radical (unpaired) electrons. The SMILES string of the molecule is COc1cc(NC(=O)Nc2n[nH]c3c2CN(C(=O)OC(C)(C)C)CC3)cc(OC)c1OC. The molecule has 0 unspecified atom stereocenters. The van der Waals surface area contributed by atoms with Gasteiger partial charge in [0.15, 0.2) is 17.3 Å². The number of amides is 3. The highest BCUT2D eigenvalue weighted by atomic mass is 16.6. The van der Waals surface area contributed by atoms with Gasteiger partial charge in [0.2, 0.25) is 5.75 Å². The smallest absolute Gasteiger partial charge is 0.410 e. The first kappa shape index (κ1) is 23.0. The minimum absolute atomic E-state index is 0.278. The summed E-state index contributed by atoms with van der Waals surface area (Å²) in [5.41, 5.74) is 1.46. The second-order valence-electron chi connectivity index (χ2n) is 8.17. The topological polar surface area (TPSA) is 127 Å². The predicted molar refractivity (Wildman–Crippen MR) is 118 cm³/mol. The van der Waals surface area contributed by atoms with Crippen molar-refractivity contribution in [2.24, 2.45) is 0 Å². The Morgan fingerprint density at radius 1 is 1.06 bits per heavy atom. The first-order valence-corrected chi connectivity index (χ1v) is 10.1. The lowest BCUT2D eigenvalue weighted by atomic mass is 10.1. The van der Waals surface area contributed by atoms with E-state index >= 15 is 0 Å². The van der Waals surface area contributed by atoms with Crippen LogP contribution in [-0.4, -0.2) is 60.7 Å². The van der Waals surface area contributed by atoms with Gasteiger partial charge in [-0.2, -0.15) is 5.10 Å². The number of H-pyrrole nitrogens is 1. The Bertz CT molecular complexity index is 972. The van der Waals surface area contributed by atoms with Crippen molar-refractivity contribution in [2.45, 2.75) is 39.3 Å². The summed E-state index contributed by atoms with van der Waals surface area (Å²) in [4.78, 5) is 26.6. The van der Waals surface area contributed by atoms with Crippen molar-refractivity contribution in [1.29, 1.82) is 0 Å². The van der Waals surface area contributed by atoms with E-state index in [-0.39, 0.29) is 6.54 Å². The van der Waals surface area contributed by atoms with Crippen molar-refractivity contribution < 1.29 is 28.5 Å². The average molecular weight is 447 g/mol. The number of ether oxygens (including phenoxy) is 4. The van der Waals surface area contributed by atoms with E-state index in [0.717, 1.165) is 11.3 Å². The number of carbonyl (C=O) groups excluding carboxylic acids is 2. The summed E-state index contributed by atoms with van der Waals surface area (Å²) in [6.45, 7) is 6.23. The van der Waals surface area contributed by atoms with Crippen LogP contribution in [0.1, 0.15) is 32.0 Å². The van der Waals surface area contributed by atoms with Gasteiger partial charge in [0.25, 0.3) is 0 Å². The van der Waals surface area contributed by atoms with Crippen molar-refractivity contribution in [2.75, 3.05) is 38.5 Å². The van der Waals surface area contributed by atoms with Crippen molar-refractivity contribution in [3.63, 3.8) is 0 Å². The van der Waals surface area contributed by atoms with E-state index < -0.39 is 17.7 Å². The summed E-state index contributed by atoms with van der Waals surface area (Å²) in [5.74, 6) is 1.59. The molecular formula is C21H29N5O6. The number of rotatable bonds is 5. The molecule has 11 heteroatoms. The quantitative estimate of drug-likeness (QED) is 0.641. The number of nitrogens with zero attached hydrogens (tertiary/aromatic N) is 2. The monoisotopic (exact) mass is 447 g/mol. The fourth-order valence-electron chi connectivity index (χ4n) is 3.30. The van der Waals surface area contributed by atoms with Crippen LogP contribution in [0.3, 0.4) is 0 Å². The molecule has 1 aromatic carbocycles. The summed E-state index contributed by atoms with van der Waals surface area (Å²) in [5, 5.41) is 12.6. The second-order valence-corrected chi connectivity index (χ2v) is 8.17. The normalized spacial score (nSPS) is 13.1. The highest BCUT2D eigenvalue weighted by Crippen LogP contribution is 2.40. The fraction of sp³-hybridized carbons (Fsp3) is 0.476. The number of aromatic nitrogens is 2. The molecule has 32 heavy (non-hydrogen) atoms. The van der Waals surface area contributed by atoms with E-state index in [1.54, 1.807) is 17.0 Å². The number of hydrogen-bond donors (Lipinski definition) is 3. The molecular weight excluding hydrogens is 418 g/mol. The molecule has 3 amide bonds. The maximum absolute atomic E-state index is 12.6. The Labute approximate surface area is 186 Å². The molecule has 0 bridgehead atoms. The van der Waals surface area contributed by atoms with Gasteiger partial charge in [-0.05, 0) is 20.8 Å². The van der Waals surface area contributed by atoms with Crippen LogP contribution in [0.5, 0.6) is 17.2 Å². The molecule has 1 aliphatic heterocycles. The van der Waals surface area contributed by atoms with E-state index in [9.17, 15) is 9.59 Å². The van der Waals surface area contributed by atoms with Gasteiger partial charge < -0.3 is 29.2 Å². The summed E-state index contributed by atoms with van der Waals surface area (Å²) < 4.78 is 21.4.